The van der Waals surface area contributed by atoms with Gasteiger partial charge in [0.15, 0.2) is 0 Å². The zero-order valence-electron chi connectivity index (χ0n) is 11.5. The van der Waals surface area contributed by atoms with Gasteiger partial charge in [-0.25, -0.2) is 8.42 Å². The van der Waals surface area contributed by atoms with Crippen molar-refractivity contribution in [1.29, 1.82) is 0 Å². The minimum Gasteiger partial charge on any atom is -0.399 e. The SMILES string of the molecule is CCc1nnc(NS(=O)(=O)c2c(C)cc(N)cc2C)s1. The number of nitrogens with one attached hydrogen (secondary N) is 1. The highest BCUT2D eigenvalue weighted by Gasteiger charge is 2.21. The van der Waals surface area contributed by atoms with E-state index in [4.69, 9.17) is 5.73 Å². The first-order valence-electron chi connectivity index (χ1n) is 6.05. The lowest BCUT2D eigenvalue weighted by Crippen LogP contribution is -2.16. The summed E-state index contributed by atoms with van der Waals surface area (Å²) in [7, 11) is -3.68. The summed E-state index contributed by atoms with van der Waals surface area (Å²) in [5, 5.41) is 8.78. The van der Waals surface area contributed by atoms with Crippen molar-refractivity contribution in [3.8, 4) is 0 Å². The van der Waals surface area contributed by atoms with Crippen LogP contribution in [0.4, 0.5) is 10.8 Å². The molecule has 2 aromatic rings. The van der Waals surface area contributed by atoms with Crippen LogP contribution in [0.25, 0.3) is 0 Å². The van der Waals surface area contributed by atoms with Crippen LogP contribution < -0.4 is 10.5 Å². The molecule has 0 fully saturated rings. The number of sulfonamides is 1. The fraction of sp³-hybridized carbons (Fsp3) is 0.333. The monoisotopic (exact) mass is 312 g/mol. The van der Waals surface area contributed by atoms with Gasteiger partial charge in [-0.3, -0.25) is 4.72 Å². The van der Waals surface area contributed by atoms with E-state index in [0.717, 1.165) is 11.4 Å². The van der Waals surface area contributed by atoms with E-state index in [0.29, 0.717) is 16.8 Å². The van der Waals surface area contributed by atoms with Crippen LogP contribution in [-0.4, -0.2) is 18.6 Å². The van der Waals surface area contributed by atoms with Gasteiger partial charge in [0.05, 0.1) is 4.90 Å². The van der Waals surface area contributed by atoms with Crippen LogP contribution >= 0.6 is 11.3 Å². The van der Waals surface area contributed by atoms with Gasteiger partial charge >= 0.3 is 0 Å². The quantitative estimate of drug-likeness (QED) is 0.842. The molecule has 0 aliphatic heterocycles. The second-order valence-corrected chi connectivity index (χ2v) is 7.13. The summed E-state index contributed by atoms with van der Waals surface area (Å²) in [6.45, 7) is 5.37. The normalized spacial score (nSPS) is 11.6. The molecule has 2 rings (SSSR count). The molecule has 3 N–H and O–H groups in total. The van der Waals surface area contributed by atoms with E-state index in [1.54, 1.807) is 26.0 Å². The molecule has 1 aromatic heterocycles. The van der Waals surface area contributed by atoms with Crippen molar-refractivity contribution in [3.63, 3.8) is 0 Å². The number of nitrogens with two attached hydrogens (primary N) is 1. The highest BCUT2D eigenvalue weighted by atomic mass is 32.2. The van der Waals surface area contributed by atoms with Gasteiger partial charge in [0.1, 0.15) is 5.01 Å². The molecule has 0 saturated carbocycles. The van der Waals surface area contributed by atoms with Gasteiger partial charge in [-0.2, -0.15) is 0 Å². The molecule has 6 nitrogen and oxygen atoms in total. The topological polar surface area (TPSA) is 98.0 Å². The van der Waals surface area contributed by atoms with Crippen LogP contribution in [0.3, 0.4) is 0 Å². The molecule has 1 aromatic carbocycles. The Morgan fingerprint density at radius 3 is 2.35 bits per heavy atom. The molecule has 0 aliphatic carbocycles. The Morgan fingerprint density at radius 2 is 1.85 bits per heavy atom. The number of aromatic nitrogens is 2. The summed E-state index contributed by atoms with van der Waals surface area (Å²) < 4.78 is 27.3. The predicted molar refractivity (Wildman–Crippen MR) is 80.4 cm³/mol. The number of aryl methyl sites for hydroxylation is 3. The average Bonchev–Trinajstić information content (AvgIpc) is 2.73. The van der Waals surface area contributed by atoms with E-state index in [1.807, 2.05) is 6.92 Å². The maximum absolute atomic E-state index is 12.4. The molecule has 108 valence electrons. The van der Waals surface area contributed by atoms with Gasteiger partial charge in [-0.1, -0.05) is 18.3 Å². The Balaban J connectivity index is 2.40. The van der Waals surface area contributed by atoms with Gasteiger partial charge < -0.3 is 5.73 Å². The molecule has 20 heavy (non-hydrogen) atoms. The Bertz CT molecular complexity index is 715. The summed E-state index contributed by atoms with van der Waals surface area (Å²) in [6, 6.07) is 3.28. The van der Waals surface area contributed by atoms with E-state index in [-0.39, 0.29) is 10.0 Å². The highest BCUT2D eigenvalue weighted by Crippen LogP contribution is 2.26. The van der Waals surface area contributed by atoms with Gasteiger partial charge in [-0.15, -0.1) is 10.2 Å². The van der Waals surface area contributed by atoms with Crippen LogP contribution in [0.5, 0.6) is 0 Å². The van der Waals surface area contributed by atoms with Crippen LogP contribution in [-0.2, 0) is 16.4 Å². The van der Waals surface area contributed by atoms with Crippen molar-refractivity contribution < 1.29 is 8.42 Å². The van der Waals surface area contributed by atoms with E-state index in [2.05, 4.69) is 14.9 Å². The standard InChI is InChI=1S/C12H16N4O2S2/c1-4-10-14-15-12(19-10)16-20(17,18)11-7(2)5-9(13)6-8(11)3/h5-6H,4,13H2,1-3H3,(H,15,16). The number of rotatable bonds is 4. The van der Waals surface area contributed by atoms with Crippen LogP contribution in [0.15, 0.2) is 17.0 Å². The van der Waals surface area contributed by atoms with Crippen molar-refractivity contribution >= 4 is 32.2 Å². The molecule has 0 amide bonds. The van der Waals surface area contributed by atoms with Crippen molar-refractivity contribution in [2.24, 2.45) is 0 Å². The van der Waals surface area contributed by atoms with Gasteiger partial charge in [0.25, 0.3) is 10.0 Å². The average molecular weight is 312 g/mol. The first kappa shape index (κ1) is 14.7. The molecule has 0 radical (unpaired) electrons. The lowest BCUT2D eigenvalue weighted by molar-refractivity contribution is 0.600. The smallest absolute Gasteiger partial charge is 0.264 e. The van der Waals surface area contributed by atoms with E-state index in [9.17, 15) is 8.42 Å². The van der Waals surface area contributed by atoms with Crippen molar-refractivity contribution in [1.82, 2.24) is 10.2 Å². The summed E-state index contributed by atoms with van der Waals surface area (Å²) in [6.07, 6.45) is 0.722. The fourth-order valence-electron chi connectivity index (χ4n) is 2.01. The molecule has 1 heterocycles. The second kappa shape index (κ2) is 5.37. The molecule has 0 spiro atoms. The van der Waals surface area contributed by atoms with Crippen molar-refractivity contribution in [3.05, 3.63) is 28.3 Å². The number of hydrogen-bond acceptors (Lipinski definition) is 6. The molecule has 0 aliphatic rings. The number of nitrogens with zero attached hydrogens (tertiary/aromatic N) is 2. The predicted octanol–water partition coefficient (Wildman–Crippen LogP) is 2.10. The van der Waals surface area contributed by atoms with Gasteiger partial charge in [-0.05, 0) is 43.5 Å². The summed E-state index contributed by atoms with van der Waals surface area (Å²) >= 11 is 1.23. The first-order valence-corrected chi connectivity index (χ1v) is 8.35. The van der Waals surface area contributed by atoms with E-state index in [1.165, 1.54) is 11.3 Å². The van der Waals surface area contributed by atoms with E-state index >= 15 is 0 Å². The van der Waals surface area contributed by atoms with Crippen molar-refractivity contribution in [2.75, 3.05) is 10.5 Å². The van der Waals surface area contributed by atoms with Crippen LogP contribution in [0, 0.1) is 13.8 Å². The van der Waals surface area contributed by atoms with E-state index < -0.39 is 10.0 Å². The molecule has 0 unspecified atom stereocenters. The molecule has 8 heteroatoms. The number of hydrogen-bond donors (Lipinski definition) is 2. The number of nitrogen functional groups attached to an aromatic ring is 1. The van der Waals surface area contributed by atoms with Gasteiger partial charge in [0, 0.05) is 5.69 Å². The summed E-state index contributed by atoms with van der Waals surface area (Å²) in [5.41, 5.74) is 7.47. The Kier molecular flexibility index (Phi) is 3.96. The first-order chi connectivity index (χ1) is 9.33. The van der Waals surface area contributed by atoms with Crippen LogP contribution in [0.2, 0.25) is 0 Å². The Labute approximate surface area is 122 Å². The molecule has 0 atom stereocenters. The third kappa shape index (κ3) is 2.91. The maximum Gasteiger partial charge on any atom is 0.264 e. The molecule has 0 bridgehead atoms. The largest absolute Gasteiger partial charge is 0.399 e. The minimum absolute atomic E-state index is 0.236. The number of benzene rings is 1. The maximum atomic E-state index is 12.4. The molecule has 0 saturated heterocycles. The number of anilines is 2. The Morgan fingerprint density at radius 1 is 1.25 bits per heavy atom. The molecular formula is C12H16N4O2S2. The minimum atomic E-state index is -3.68. The van der Waals surface area contributed by atoms with Crippen LogP contribution in [0.1, 0.15) is 23.1 Å². The third-order valence-electron chi connectivity index (χ3n) is 2.74. The zero-order chi connectivity index (χ0) is 14.9. The van der Waals surface area contributed by atoms with Gasteiger partial charge in [0.2, 0.25) is 5.13 Å². The Hall–Kier alpha value is -1.67. The summed E-state index contributed by atoms with van der Waals surface area (Å²) in [4.78, 5) is 0.236. The zero-order valence-corrected chi connectivity index (χ0v) is 13.1. The van der Waals surface area contributed by atoms with Crippen molar-refractivity contribution in [2.45, 2.75) is 32.1 Å². The second-order valence-electron chi connectivity index (χ2n) is 4.44. The lowest BCUT2D eigenvalue weighted by atomic mass is 10.1. The molecular weight excluding hydrogens is 296 g/mol. The lowest BCUT2D eigenvalue weighted by Gasteiger charge is -2.11. The summed E-state index contributed by atoms with van der Waals surface area (Å²) in [5.74, 6) is 0. The highest BCUT2D eigenvalue weighted by molar-refractivity contribution is 7.93. The third-order valence-corrected chi connectivity index (χ3v) is 5.50. The fourth-order valence-corrected chi connectivity index (χ4v) is 4.38.